The van der Waals surface area contributed by atoms with Crippen molar-refractivity contribution in [3.05, 3.63) is 34.4 Å². The lowest BCUT2D eigenvalue weighted by Crippen LogP contribution is -2.38. The molecule has 1 rings (SSSR count). The fraction of sp³-hybridized carbons (Fsp3) is 0.727. The van der Waals surface area contributed by atoms with Gasteiger partial charge in [0, 0.05) is 30.8 Å². The average Bonchev–Trinajstić information content (AvgIpc) is 2.84. The van der Waals surface area contributed by atoms with E-state index in [9.17, 15) is 0 Å². The fourth-order valence-corrected chi connectivity index (χ4v) is 3.43. The topological polar surface area (TPSA) is 32.7 Å². The van der Waals surface area contributed by atoms with Crippen molar-refractivity contribution in [2.75, 3.05) is 33.4 Å². The van der Waals surface area contributed by atoms with Gasteiger partial charge < -0.3 is 9.84 Å². The van der Waals surface area contributed by atoms with Gasteiger partial charge in [-0.3, -0.25) is 4.90 Å². The number of aliphatic hydroxyl groups is 1. The molecule has 0 radical (unpaired) electrons. The summed E-state index contributed by atoms with van der Waals surface area (Å²) in [5.74, 6) is 0. The van der Waals surface area contributed by atoms with Crippen LogP contribution in [0.1, 0.15) is 65.7 Å². The van der Waals surface area contributed by atoms with Crippen molar-refractivity contribution in [2.45, 2.75) is 71.8 Å². The number of nitrogens with zero attached hydrogens (tertiary/aromatic N) is 1. The Hall–Kier alpha value is -0.420. The van der Waals surface area contributed by atoms with Gasteiger partial charge in [0.1, 0.15) is 0 Å². The van der Waals surface area contributed by atoms with Crippen LogP contribution in [0, 0.1) is 0 Å². The van der Waals surface area contributed by atoms with Crippen molar-refractivity contribution in [1.82, 2.24) is 4.90 Å². The van der Waals surface area contributed by atoms with Gasteiger partial charge in [-0.15, -0.1) is 0 Å². The second-order valence-electron chi connectivity index (χ2n) is 6.71. The minimum atomic E-state index is 0.241. The summed E-state index contributed by atoms with van der Waals surface area (Å²) in [5, 5.41) is 8.68. The third kappa shape index (κ3) is 12.9. The zero-order valence-electron chi connectivity index (χ0n) is 17.3. The number of rotatable bonds is 12. The zero-order valence-corrected chi connectivity index (χ0v) is 18.9. The van der Waals surface area contributed by atoms with Crippen molar-refractivity contribution in [3.63, 3.8) is 0 Å². The summed E-state index contributed by atoms with van der Waals surface area (Å²) in [6.45, 7) is 10.2. The van der Waals surface area contributed by atoms with Gasteiger partial charge in [-0.1, -0.05) is 73.3 Å². The molecule has 0 amide bonds. The lowest BCUT2D eigenvalue weighted by Gasteiger charge is -2.31. The highest BCUT2D eigenvalue weighted by atomic mass is 79.9. The highest BCUT2D eigenvalue weighted by Gasteiger charge is 2.15. The lowest BCUT2D eigenvalue weighted by molar-refractivity contribution is 0.111. The molecule has 0 aromatic rings. The van der Waals surface area contributed by atoms with Crippen molar-refractivity contribution >= 4 is 15.9 Å². The number of halogens is 1. The van der Waals surface area contributed by atoms with Crippen LogP contribution >= 0.6 is 15.9 Å². The molecule has 0 heterocycles. The molecule has 3 nitrogen and oxygen atoms in total. The number of hydrogen-bond acceptors (Lipinski definition) is 3. The first kappa shape index (κ1) is 25.6. The molecule has 1 aliphatic rings. The number of hydrogen-bond donors (Lipinski definition) is 1. The van der Waals surface area contributed by atoms with Gasteiger partial charge in [0.2, 0.25) is 0 Å². The van der Waals surface area contributed by atoms with Crippen LogP contribution in [-0.4, -0.2) is 49.5 Å². The number of ether oxygens (including phenoxy) is 1. The molecule has 0 aromatic carbocycles. The summed E-state index contributed by atoms with van der Waals surface area (Å²) >= 11 is 3.40. The van der Waals surface area contributed by atoms with Gasteiger partial charge in [0.05, 0.1) is 6.61 Å². The molecule has 1 N–H and O–H groups in total. The fourth-order valence-electron chi connectivity index (χ4n) is 3.12. The van der Waals surface area contributed by atoms with Crippen LogP contribution in [-0.2, 0) is 4.74 Å². The third-order valence-electron chi connectivity index (χ3n) is 4.43. The van der Waals surface area contributed by atoms with Crippen LogP contribution in [0.3, 0.4) is 0 Å². The lowest BCUT2D eigenvalue weighted by atomic mass is 10.0. The van der Waals surface area contributed by atoms with Gasteiger partial charge in [-0.2, -0.15) is 0 Å². The van der Waals surface area contributed by atoms with Gasteiger partial charge in [-0.05, 0) is 44.7 Å². The van der Waals surface area contributed by atoms with Crippen molar-refractivity contribution in [2.24, 2.45) is 0 Å². The SMILES string of the molecule is CCCC(CCC)N(CCC)CCOC.OCCC1=CC=CC(Br)=CC1. The summed E-state index contributed by atoms with van der Waals surface area (Å²) in [6, 6.07) is 0.773. The molecule has 0 aromatic heterocycles. The van der Waals surface area contributed by atoms with Gasteiger partial charge in [-0.25, -0.2) is 0 Å². The first-order valence-corrected chi connectivity index (χ1v) is 11.0. The van der Waals surface area contributed by atoms with E-state index < -0.39 is 0 Å². The average molecular weight is 430 g/mol. The molecule has 0 atom stereocenters. The number of aliphatic hydroxyl groups excluding tert-OH is 1. The van der Waals surface area contributed by atoms with Crippen LogP contribution in [0.4, 0.5) is 0 Å². The molecular weight excluding hydrogens is 390 g/mol. The Morgan fingerprint density at radius 3 is 2.38 bits per heavy atom. The minimum Gasteiger partial charge on any atom is -0.396 e. The van der Waals surface area contributed by atoms with Crippen molar-refractivity contribution < 1.29 is 9.84 Å². The van der Waals surface area contributed by atoms with E-state index in [0.717, 1.165) is 36.5 Å². The highest BCUT2D eigenvalue weighted by molar-refractivity contribution is 9.11. The monoisotopic (exact) mass is 429 g/mol. The summed E-state index contributed by atoms with van der Waals surface area (Å²) in [5.41, 5.74) is 1.28. The van der Waals surface area contributed by atoms with Crippen molar-refractivity contribution in [3.8, 4) is 0 Å². The van der Waals surface area contributed by atoms with Crippen LogP contribution in [0.5, 0.6) is 0 Å². The Kier molecular flexibility index (Phi) is 17.7. The predicted molar refractivity (Wildman–Crippen MR) is 118 cm³/mol. The first-order valence-electron chi connectivity index (χ1n) is 10.2. The molecule has 4 heteroatoms. The Balaban J connectivity index is 0.000000502. The smallest absolute Gasteiger partial charge is 0.0589 e. The summed E-state index contributed by atoms with van der Waals surface area (Å²) in [4.78, 5) is 2.61. The molecule has 0 bridgehead atoms. The van der Waals surface area contributed by atoms with E-state index >= 15 is 0 Å². The van der Waals surface area contributed by atoms with Gasteiger partial charge in [0.25, 0.3) is 0 Å². The summed E-state index contributed by atoms with van der Waals surface area (Å²) in [7, 11) is 1.79. The number of methoxy groups -OCH3 is 1. The normalized spacial score (nSPS) is 14.0. The van der Waals surface area contributed by atoms with E-state index in [0.29, 0.717) is 0 Å². The molecule has 26 heavy (non-hydrogen) atoms. The third-order valence-corrected chi connectivity index (χ3v) is 5.02. The second-order valence-corrected chi connectivity index (χ2v) is 7.63. The number of allylic oxidation sites excluding steroid dienone is 5. The van der Waals surface area contributed by atoms with Crippen LogP contribution in [0.25, 0.3) is 0 Å². The van der Waals surface area contributed by atoms with Crippen LogP contribution < -0.4 is 0 Å². The maximum atomic E-state index is 8.68. The predicted octanol–water partition coefficient (Wildman–Crippen LogP) is 5.85. The maximum Gasteiger partial charge on any atom is 0.0589 e. The Morgan fingerprint density at radius 1 is 1.15 bits per heavy atom. The molecule has 0 fully saturated rings. The summed E-state index contributed by atoms with van der Waals surface area (Å²) in [6.07, 6.45) is 16.4. The molecule has 152 valence electrons. The van der Waals surface area contributed by atoms with Gasteiger partial charge >= 0.3 is 0 Å². The highest BCUT2D eigenvalue weighted by Crippen LogP contribution is 2.17. The molecule has 1 aliphatic carbocycles. The quantitative estimate of drug-likeness (QED) is 0.422. The minimum absolute atomic E-state index is 0.241. The first-order chi connectivity index (χ1) is 12.6. The zero-order chi connectivity index (χ0) is 19.6. The standard InChI is InChI=1S/C13H29NO.C9H11BrO/c1-5-8-13(9-6-2)14(10-7-3)11-12-15-4;10-9-3-1-2-8(4-5-9)6-7-11/h13H,5-12H2,1-4H3;1-3,5,11H,4,6-7H2. The molecule has 0 aliphatic heterocycles. The molecule has 0 saturated carbocycles. The second kappa shape index (κ2) is 18.0. The summed E-state index contributed by atoms with van der Waals surface area (Å²) < 4.78 is 6.30. The van der Waals surface area contributed by atoms with E-state index in [2.05, 4.69) is 53.8 Å². The Morgan fingerprint density at radius 2 is 1.85 bits per heavy atom. The van der Waals surface area contributed by atoms with Crippen molar-refractivity contribution in [1.29, 1.82) is 0 Å². The van der Waals surface area contributed by atoms with Crippen LogP contribution in [0.2, 0.25) is 0 Å². The van der Waals surface area contributed by atoms with Crippen LogP contribution in [0.15, 0.2) is 34.4 Å². The van der Waals surface area contributed by atoms with E-state index in [1.165, 1.54) is 44.2 Å². The van der Waals surface area contributed by atoms with E-state index in [4.69, 9.17) is 9.84 Å². The molecule has 0 spiro atoms. The van der Waals surface area contributed by atoms with E-state index in [-0.39, 0.29) is 6.61 Å². The maximum absolute atomic E-state index is 8.68. The van der Waals surface area contributed by atoms with Gasteiger partial charge in [0.15, 0.2) is 0 Å². The molecule has 0 saturated heterocycles. The molecule has 0 unspecified atom stereocenters. The largest absolute Gasteiger partial charge is 0.396 e. The van der Waals surface area contributed by atoms with E-state index in [1.807, 2.05) is 12.2 Å². The Bertz CT molecular complexity index is 410. The Labute approximate surface area is 170 Å². The van der Waals surface area contributed by atoms with E-state index in [1.54, 1.807) is 7.11 Å². The molecular formula is C22H40BrNO2.